The molecule has 1 aliphatic rings. The molecule has 1 aliphatic heterocycles. The van der Waals surface area contributed by atoms with E-state index in [9.17, 15) is 9.59 Å². The average Bonchev–Trinajstić information content (AvgIpc) is 2.64. The number of hydrogen-bond acceptors (Lipinski definition) is 4. The van der Waals surface area contributed by atoms with E-state index in [0.29, 0.717) is 39.3 Å². The second kappa shape index (κ2) is 10.1. The monoisotopic (exact) mass is 362 g/mol. The molecule has 2 rings (SSSR count). The fourth-order valence-electron chi connectivity index (χ4n) is 2.85. The number of rotatable bonds is 7. The van der Waals surface area contributed by atoms with Crippen LogP contribution < -0.4 is 10.6 Å². The highest BCUT2D eigenvalue weighted by Gasteiger charge is 2.23. The molecule has 26 heavy (non-hydrogen) atoms. The van der Waals surface area contributed by atoms with Crippen LogP contribution in [0.3, 0.4) is 0 Å². The minimum Gasteiger partial charge on any atom is -0.380 e. The van der Waals surface area contributed by atoms with Crippen LogP contribution in [-0.2, 0) is 16.1 Å². The van der Waals surface area contributed by atoms with Crippen LogP contribution in [0.5, 0.6) is 0 Å². The number of ether oxygens (including phenoxy) is 1. The van der Waals surface area contributed by atoms with Crippen LogP contribution in [0.25, 0.3) is 0 Å². The molecule has 0 radical (unpaired) electrons. The number of anilines is 1. The predicted molar refractivity (Wildman–Crippen MR) is 102 cm³/mol. The van der Waals surface area contributed by atoms with Gasteiger partial charge in [0, 0.05) is 50.6 Å². The molecule has 2 N–H and O–H groups in total. The summed E-state index contributed by atoms with van der Waals surface area (Å²) in [6.07, 6.45) is 0.921. The Morgan fingerprint density at radius 2 is 1.88 bits per heavy atom. The van der Waals surface area contributed by atoms with Gasteiger partial charge in [-0.15, -0.1) is 0 Å². The Balaban J connectivity index is 1.80. The molecular formula is C19H30N4O3. The molecule has 1 atom stereocenters. The molecule has 1 heterocycles. The lowest BCUT2D eigenvalue weighted by atomic mass is 10.2. The van der Waals surface area contributed by atoms with E-state index in [1.165, 1.54) is 0 Å². The predicted octanol–water partition coefficient (Wildman–Crippen LogP) is 1.90. The van der Waals surface area contributed by atoms with E-state index >= 15 is 0 Å². The molecule has 1 aromatic rings. The van der Waals surface area contributed by atoms with E-state index < -0.39 is 0 Å². The van der Waals surface area contributed by atoms with Crippen LogP contribution in [0.2, 0.25) is 0 Å². The first-order valence-corrected chi connectivity index (χ1v) is 9.18. The Hall–Kier alpha value is -2.12. The second-order valence-corrected chi connectivity index (χ2v) is 6.66. The van der Waals surface area contributed by atoms with Crippen molar-refractivity contribution in [2.24, 2.45) is 0 Å². The first-order valence-electron chi connectivity index (χ1n) is 9.18. The average molecular weight is 362 g/mol. The third-order valence-corrected chi connectivity index (χ3v) is 4.61. The maximum atomic E-state index is 12.5. The van der Waals surface area contributed by atoms with Crippen molar-refractivity contribution >= 4 is 17.6 Å². The largest absolute Gasteiger partial charge is 0.380 e. The molecule has 7 heteroatoms. The van der Waals surface area contributed by atoms with E-state index in [1.54, 1.807) is 12.0 Å². The van der Waals surface area contributed by atoms with Gasteiger partial charge in [-0.2, -0.15) is 0 Å². The number of carbonyl (C=O) groups excluding carboxylic acids is 2. The molecule has 0 bridgehead atoms. The number of methoxy groups -OCH3 is 1. The van der Waals surface area contributed by atoms with E-state index in [1.807, 2.05) is 38.1 Å². The number of amides is 3. The summed E-state index contributed by atoms with van der Waals surface area (Å²) in [4.78, 5) is 28.4. The molecule has 144 valence electrons. The van der Waals surface area contributed by atoms with E-state index in [2.05, 4.69) is 15.5 Å². The molecule has 7 nitrogen and oxygen atoms in total. The topological polar surface area (TPSA) is 73.9 Å². The van der Waals surface area contributed by atoms with Gasteiger partial charge in [0.2, 0.25) is 5.91 Å². The van der Waals surface area contributed by atoms with Gasteiger partial charge in [0.15, 0.2) is 0 Å². The van der Waals surface area contributed by atoms with Crippen molar-refractivity contribution in [3.8, 4) is 0 Å². The van der Waals surface area contributed by atoms with Crippen molar-refractivity contribution in [3.63, 3.8) is 0 Å². The summed E-state index contributed by atoms with van der Waals surface area (Å²) in [5, 5.41) is 5.94. The quantitative estimate of drug-likeness (QED) is 0.777. The maximum Gasteiger partial charge on any atom is 0.321 e. The van der Waals surface area contributed by atoms with Crippen LogP contribution in [0.15, 0.2) is 24.3 Å². The Kier molecular flexibility index (Phi) is 7.87. The number of urea groups is 1. The first-order chi connectivity index (χ1) is 12.5. The zero-order valence-electron chi connectivity index (χ0n) is 16.0. The van der Waals surface area contributed by atoms with Gasteiger partial charge in [-0.05, 0) is 19.4 Å². The molecule has 1 aromatic carbocycles. The Morgan fingerprint density at radius 3 is 2.54 bits per heavy atom. The lowest BCUT2D eigenvalue weighted by Gasteiger charge is -2.34. The van der Waals surface area contributed by atoms with Gasteiger partial charge in [-0.3, -0.25) is 9.69 Å². The zero-order chi connectivity index (χ0) is 18.9. The minimum atomic E-state index is -0.114. The van der Waals surface area contributed by atoms with Crippen LogP contribution in [-0.4, -0.2) is 67.6 Å². The third-order valence-electron chi connectivity index (χ3n) is 4.61. The number of nitrogens with zero attached hydrogens (tertiary/aromatic N) is 2. The highest BCUT2D eigenvalue weighted by molar-refractivity contribution is 5.90. The summed E-state index contributed by atoms with van der Waals surface area (Å²) >= 11 is 0. The Bertz CT molecular complexity index is 600. The van der Waals surface area contributed by atoms with Crippen LogP contribution >= 0.6 is 0 Å². The van der Waals surface area contributed by atoms with Crippen molar-refractivity contribution in [2.75, 3.05) is 45.2 Å². The molecule has 3 amide bonds. The van der Waals surface area contributed by atoms with E-state index in [4.69, 9.17) is 4.74 Å². The van der Waals surface area contributed by atoms with Crippen molar-refractivity contribution in [1.29, 1.82) is 0 Å². The van der Waals surface area contributed by atoms with Gasteiger partial charge in [-0.25, -0.2) is 4.79 Å². The van der Waals surface area contributed by atoms with Gasteiger partial charge in [-0.1, -0.05) is 25.1 Å². The number of carbonyl (C=O) groups is 2. The number of nitrogens with one attached hydrogen (secondary N) is 2. The summed E-state index contributed by atoms with van der Waals surface area (Å²) in [5.41, 5.74) is 1.72. The molecule has 0 aliphatic carbocycles. The molecule has 0 spiro atoms. The molecule has 1 unspecified atom stereocenters. The number of piperazine rings is 1. The fourth-order valence-corrected chi connectivity index (χ4v) is 2.85. The second-order valence-electron chi connectivity index (χ2n) is 6.66. The van der Waals surface area contributed by atoms with Gasteiger partial charge < -0.3 is 20.3 Å². The zero-order valence-corrected chi connectivity index (χ0v) is 16.0. The lowest BCUT2D eigenvalue weighted by Crippen LogP contribution is -2.52. The van der Waals surface area contributed by atoms with Gasteiger partial charge in [0.05, 0.1) is 13.2 Å². The van der Waals surface area contributed by atoms with Gasteiger partial charge in [0.25, 0.3) is 0 Å². The van der Waals surface area contributed by atoms with Crippen LogP contribution in [0.1, 0.15) is 25.8 Å². The summed E-state index contributed by atoms with van der Waals surface area (Å²) < 4.78 is 5.17. The molecule has 0 aromatic heterocycles. The summed E-state index contributed by atoms with van der Waals surface area (Å²) in [7, 11) is 1.63. The van der Waals surface area contributed by atoms with Gasteiger partial charge >= 0.3 is 6.03 Å². The number of hydrogen-bond donors (Lipinski definition) is 2. The fraction of sp³-hybridized carbons (Fsp3) is 0.579. The molecule has 1 saturated heterocycles. The molecule has 1 fully saturated rings. The highest BCUT2D eigenvalue weighted by Crippen LogP contribution is 2.17. The van der Waals surface area contributed by atoms with Crippen molar-refractivity contribution in [1.82, 2.24) is 15.1 Å². The summed E-state index contributed by atoms with van der Waals surface area (Å²) in [6, 6.07) is 7.71. The third kappa shape index (κ3) is 6.00. The van der Waals surface area contributed by atoms with Crippen molar-refractivity contribution in [3.05, 3.63) is 29.8 Å². The summed E-state index contributed by atoms with van der Waals surface area (Å²) in [5.74, 6) is 0.0470. The lowest BCUT2D eigenvalue weighted by molar-refractivity contribution is -0.123. The van der Waals surface area contributed by atoms with E-state index in [0.717, 1.165) is 17.7 Å². The van der Waals surface area contributed by atoms with Crippen LogP contribution in [0, 0.1) is 0 Å². The SMILES string of the molecule is CCC(C)NC(=O)CN1CCN(C(=O)Nc2ccccc2COC)CC1. The number of benzene rings is 1. The summed E-state index contributed by atoms with van der Waals surface area (Å²) in [6.45, 7) is 7.49. The first kappa shape index (κ1) is 20.2. The van der Waals surface area contributed by atoms with Crippen molar-refractivity contribution in [2.45, 2.75) is 32.9 Å². The minimum absolute atomic E-state index is 0.0470. The standard InChI is InChI=1S/C19H30N4O3/c1-4-15(2)20-18(24)13-22-9-11-23(12-10-22)19(25)21-17-8-6-5-7-16(17)14-26-3/h5-8,15H,4,9-14H2,1-3H3,(H,20,24)(H,21,25). The normalized spacial score (nSPS) is 16.2. The Morgan fingerprint density at radius 1 is 1.19 bits per heavy atom. The van der Waals surface area contributed by atoms with Gasteiger partial charge in [0.1, 0.15) is 0 Å². The van der Waals surface area contributed by atoms with E-state index in [-0.39, 0.29) is 18.0 Å². The smallest absolute Gasteiger partial charge is 0.321 e. The van der Waals surface area contributed by atoms with Crippen molar-refractivity contribution < 1.29 is 14.3 Å². The van der Waals surface area contributed by atoms with Crippen LogP contribution in [0.4, 0.5) is 10.5 Å². The molecular weight excluding hydrogens is 332 g/mol. The molecule has 0 saturated carbocycles. The maximum absolute atomic E-state index is 12.5. The highest BCUT2D eigenvalue weighted by atomic mass is 16.5. The Labute approximate surface area is 155 Å². The number of para-hydroxylation sites is 1.